The number of amides is 1. The molecule has 0 aliphatic heterocycles. The molecule has 3 aromatic rings. The van der Waals surface area contributed by atoms with Crippen molar-refractivity contribution in [2.45, 2.75) is 39.4 Å². The summed E-state index contributed by atoms with van der Waals surface area (Å²) in [6.45, 7) is 6.75. The van der Waals surface area contributed by atoms with Gasteiger partial charge >= 0.3 is 0 Å². The van der Waals surface area contributed by atoms with Gasteiger partial charge in [-0.2, -0.15) is 0 Å². The van der Waals surface area contributed by atoms with Gasteiger partial charge in [0.1, 0.15) is 5.82 Å². The Balaban J connectivity index is 1.70. The quantitative estimate of drug-likeness (QED) is 0.460. The number of nitrogens with one attached hydrogen (secondary N) is 3. The molecule has 0 radical (unpaired) electrons. The second kappa shape index (κ2) is 9.49. The number of hydrogen-bond donors (Lipinski definition) is 3. The molecule has 0 aliphatic rings. The van der Waals surface area contributed by atoms with Crippen molar-refractivity contribution in [2.75, 3.05) is 13.7 Å². The van der Waals surface area contributed by atoms with Gasteiger partial charge in [0, 0.05) is 22.1 Å². The Morgan fingerprint density at radius 3 is 2.63 bits per heavy atom. The van der Waals surface area contributed by atoms with E-state index in [9.17, 15) is 4.79 Å². The predicted molar refractivity (Wildman–Crippen MR) is 121 cm³/mol. The molecule has 7 nitrogen and oxygen atoms in total. The van der Waals surface area contributed by atoms with Crippen LogP contribution in [-0.2, 0) is 17.9 Å². The number of hydrogen-bond acceptors (Lipinski definition) is 5. The van der Waals surface area contributed by atoms with Crippen LogP contribution in [0.3, 0.4) is 0 Å². The Hall–Kier alpha value is -2.58. The number of nitrogens with zero attached hydrogens (tertiary/aromatic N) is 1. The zero-order valence-corrected chi connectivity index (χ0v) is 19.2. The van der Waals surface area contributed by atoms with Crippen LogP contribution in [0.2, 0.25) is 0 Å². The minimum Gasteiger partial charge on any atom is -0.493 e. The summed E-state index contributed by atoms with van der Waals surface area (Å²) in [5.41, 5.74) is 2.49. The van der Waals surface area contributed by atoms with E-state index in [0.29, 0.717) is 24.6 Å². The molecule has 0 spiro atoms. The zero-order chi connectivity index (χ0) is 21.7. The maximum atomic E-state index is 12.2. The number of carbonyl (C=O) groups excluding carboxylic acids is 1. The summed E-state index contributed by atoms with van der Waals surface area (Å²) in [6, 6.07) is 11.6. The van der Waals surface area contributed by atoms with Crippen LogP contribution in [0.15, 0.2) is 40.9 Å². The third kappa shape index (κ3) is 5.73. The van der Waals surface area contributed by atoms with Crippen molar-refractivity contribution >= 4 is 32.9 Å². The van der Waals surface area contributed by atoms with Crippen molar-refractivity contribution < 1.29 is 14.3 Å². The molecule has 0 saturated heterocycles. The van der Waals surface area contributed by atoms with Gasteiger partial charge < -0.3 is 25.1 Å². The summed E-state index contributed by atoms with van der Waals surface area (Å²) in [4.78, 5) is 20.1. The Morgan fingerprint density at radius 2 is 1.93 bits per heavy atom. The minimum absolute atomic E-state index is 0.0966. The van der Waals surface area contributed by atoms with Crippen LogP contribution < -0.4 is 20.1 Å². The molecule has 0 bridgehead atoms. The van der Waals surface area contributed by atoms with E-state index in [4.69, 9.17) is 9.47 Å². The normalized spacial score (nSPS) is 11.5. The standard InChI is InChI=1S/C22H27BrN4O3/c1-22(2,3)27-20(28)13-30-21-14(15(23)9-10-18(21)29-4)11-24-12-19-25-16-7-5-6-8-17(16)26-19/h5-10,24H,11-13H2,1-4H3,(H,25,26)(H,27,28). The Morgan fingerprint density at radius 1 is 1.17 bits per heavy atom. The van der Waals surface area contributed by atoms with Gasteiger partial charge in [-0.05, 0) is 45.0 Å². The molecule has 1 aromatic heterocycles. The fraction of sp³-hybridized carbons (Fsp3) is 0.364. The average Bonchev–Trinajstić information content (AvgIpc) is 3.09. The highest BCUT2D eigenvalue weighted by Crippen LogP contribution is 2.36. The molecule has 3 N–H and O–H groups in total. The number of rotatable bonds is 8. The number of fused-ring (bicyclic) bond motifs is 1. The fourth-order valence-electron chi connectivity index (χ4n) is 3.05. The molecule has 1 amide bonds. The summed E-state index contributed by atoms with van der Waals surface area (Å²) in [5, 5.41) is 6.27. The molecule has 2 aromatic carbocycles. The fourth-order valence-corrected chi connectivity index (χ4v) is 3.51. The molecule has 8 heteroatoms. The topological polar surface area (TPSA) is 88.3 Å². The van der Waals surface area contributed by atoms with Gasteiger partial charge in [0.25, 0.3) is 5.91 Å². The lowest BCUT2D eigenvalue weighted by molar-refractivity contribution is -0.124. The number of halogens is 1. The van der Waals surface area contributed by atoms with Crippen molar-refractivity contribution in [3.63, 3.8) is 0 Å². The first kappa shape index (κ1) is 22.1. The number of aromatic amines is 1. The molecule has 0 saturated carbocycles. The number of para-hydroxylation sites is 2. The number of H-pyrrole nitrogens is 1. The van der Waals surface area contributed by atoms with Crippen LogP contribution in [0.1, 0.15) is 32.2 Å². The van der Waals surface area contributed by atoms with E-state index in [0.717, 1.165) is 26.9 Å². The number of imidazole rings is 1. The minimum atomic E-state index is -0.321. The summed E-state index contributed by atoms with van der Waals surface area (Å²) in [5.74, 6) is 1.77. The highest BCUT2D eigenvalue weighted by Gasteiger charge is 2.18. The van der Waals surface area contributed by atoms with E-state index in [1.807, 2.05) is 57.2 Å². The number of methoxy groups -OCH3 is 1. The van der Waals surface area contributed by atoms with E-state index in [-0.39, 0.29) is 18.1 Å². The van der Waals surface area contributed by atoms with Gasteiger partial charge in [-0.15, -0.1) is 0 Å². The van der Waals surface area contributed by atoms with Crippen LogP contribution in [0.4, 0.5) is 0 Å². The molecule has 0 atom stereocenters. The predicted octanol–water partition coefficient (Wildman–Crippen LogP) is 3.92. The van der Waals surface area contributed by atoms with Crippen LogP contribution >= 0.6 is 15.9 Å². The SMILES string of the molecule is COc1ccc(Br)c(CNCc2nc3ccccc3[nH]2)c1OCC(=O)NC(C)(C)C. The largest absolute Gasteiger partial charge is 0.493 e. The van der Waals surface area contributed by atoms with E-state index in [2.05, 4.69) is 36.5 Å². The lowest BCUT2D eigenvalue weighted by atomic mass is 10.1. The van der Waals surface area contributed by atoms with Gasteiger partial charge in [-0.25, -0.2) is 4.98 Å². The van der Waals surface area contributed by atoms with E-state index in [1.54, 1.807) is 7.11 Å². The highest BCUT2D eigenvalue weighted by atomic mass is 79.9. The molecular formula is C22H27BrN4O3. The van der Waals surface area contributed by atoms with E-state index < -0.39 is 0 Å². The first-order chi connectivity index (χ1) is 14.3. The first-order valence-electron chi connectivity index (χ1n) is 9.70. The molecule has 3 rings (SSSR count). The smallest absolute Gasteiger partial charge is 0.258 e. The second-order valence-corrected chi connectivity index (χ2v) is 8.80. The maximum Gasteiger partial charge on any atom is 0.258 e. The zero-order valence-electron chi connectivity index (χ0n) is 17.6. The highest BCUT2D eigenvalue weighted by molar-refractivity contribution is 9.10. The third-order valence-corrected chi connectivity index (χ3v) is 5.02. The van der Waals surface area contributed by atoms with Crippen LogP contribution in [0.25, 0.3) is 11.0 Å². The summed E-state index contributed by atoms with van der Waals surface area (Å²) in [7, 11) is 1.58. The first-order valence-corrected chi connectivity index (χ1v) is 10.5. The van der Waals surface area contributed by atoms with Crippen LogP contribution in [0, 0.1) is 0 Å². The molecule has 1 heterocycles. The van der Waals surface area contributed by atoms with Crippen molar-refractivity contribution in [2.24, 2.45) is 0 Å². The van der Waals surface area contributed by atoms with Crippen molar-refractivity contribution in [3.8, 4) is 11.5 Å². The number of carbonyl (C=O) groups is 1. The lowest BCUT2D eigenvalue weighted by Gasteiger charge is -2.21. The second-order valence-electron chi connectivity index (χ2n) is 7.95. The number of benzene rings is 2. The van der Waals surface area contributed by atoms with Crippen LogP contribution in [0.5, 0.6) is 11.5 Å². The van der Waals surface area contributed by atoms with Gasteiger partial charge in [-0.3, -0.25) is 4.79 Å². The third-order valence-electron chi connectivity index (χ3n) is 4.28. The lowest BCUT2D eigenvalue weighted by Crippen LogP contribution is -2.43. The van der Waals surface area contributed by atoms with Crippen molar-refractivity contribution in [3.05, 3.63) is 52.3 Å². The Bertz CT molecular complexity index is 994. The van der Waals surface area contributed by atoms with Gasteiger partial charge in [-0.1, -0.05) is 28.1 Å². The average molecular weight is 475 g/mol. The van der Waals surface area contributed by atoms with Crippen molar-refractivity contribution in [1.82, 2.24) is 20.6 Å². The maximum absolute atomic E-state index is 12.2. The Labute approximate surface area is 184 Å². The van der Waals surface area contributed by atoms with E-state index in [1.165, 1.54) is 0 Å². The van der Waals surface area contributed by atoms with E-state index >= 15 is 0 Å². The molecule has 0 fully saturated rings. The van der Waals surface area contributed by atoms with Gasteiger partial charge in [0.05, 0.1) is 24.7 Å². The molecule has 30 heavy (non-hydrogen) atoms. The summed E-state index contributed by atoms with van der Waals surface area (Å²) in [6.07, 6.45) is 0. The van der Waals surface area contributed by atoms with Crippen molar-refractivity contribution in [1.29, 1.82) is 0 Å². The summed E-state index contributed by atoms with van der Waals surface area (Å²) >= 11 is 3.58. The van der Waals surface area contributed by atoms with Crippen LogP contribution in [-0.4, -0.2) is 35.1 Å². The van der Waals surface area contributed by atoms with Gasteiger partial charge in [0.15, 0.2) is 18.1 Å². The molecular weight excluding hydrogens is 448 g/mol. The summed E-state index contributed by atoms with van der Waals surface area (Å²) < 4.78 is 12.2. The number of ether oxygens (including phenoxy) is 2. The monoisotopic (exact) mass is 474 g/mol. The molecule has 0 aliphatic carbocycles. The molecule has 160 valence electrons. The number of aromatic nitrogens is 2. The van der Waals surface area contributed by atoms with Gasteiger partial charge in [0.2, 0.25) is 0 Å². The Kier molecular flexibility index (Phi) is 6.99. The molecule has 0 unspecified atom stereocenters.